The minimum Gasteiger partial charge on any atom is -0.362 e. The summed E-state index contributed by atoms with van der Waals surface area (Å²) in [5, 5.41) is 5.66. The van der Waals surface area contributed by atoms with Crippen LogP contribution in [0.2, 0.25) is 0 Å². The van der Waals surface area contributed by atoms with Gasteiger partial charge in [-0.3, -0.25) is 9.59 Å². The SMILES string of the molecule is CCCCCCCCNC(=O)COCC(=O)NCCCCCCCC. The Labute approximate surface area is 154 Å². The van der Waals surface area contributed by atoms with Crippen molar-refractivity contribution in [1.29, 1.82) is 0 Å². The second kappa shape index (κ2) is 19.2. The molecule has 0 fully saturated rings. The van der Waals surface area contributed by atoms with Crippen molar-refractivity contribution in [3.63, 3.8) is 0 Å². The molecular weight excluding hydrogens is 316 g/mol. The fraction of sp³-hybridized carbons (Fsp3) is 0.900. The molecule has 5 nitrogen and oxygen atoms in total. The van der Waals surface area contributed by atoms with Crippen molar-refractivity contribution >= 4 is 11.8 Å². The Morgan fingerprint density at radius 2 is 0.960 bits per heavy atom. The summed E-state index contributed by atoms with van der Waals surface area (Å²) in [5.74, 6) is -0.283. The topological polar surface area (TPSA) is 67.4 Å². The van der Waals surface area contributed by atoms with Crippen LogP contribution in [0.4, 0.5) is 0 Å². The summed E-state index contributed by atoms with van der Waals surface area (Å²) in [6.45, 7) is 5.71. The summed E-state index contributed by atoms with van der Waals surface area (Å²) < 4.78 is 5.15. The zero-order valence-electron chi connectivity index (χ0n) is 16.5. The van der Waals surface area contributed by atoms with E-state index in [0.717, 1.165) is 25.7 Å². The van der Waals surface area contributed by atoms with Crippen molar-refractivity contribution in [2.45, 2.75) is 90.9 Å². The van der Waals surface area contributed by atoms with E-state index < -0.39 is 0 Å². The number of carbonyl (C=O) groups is 2. The van der Waals surface area contributed by atoms with Crippen molar-refractivity contribution < 1.29 is 14.3 Å². The Morgan fingerprint density at radius 1 is 0.600 bits per heavy atom. The van der Waals surface area contributed by atoms with Crippen molar-refractivity contribution in [2.75, 3.05) is 26.3 Å². The Balaban J connectivity index is 3.32. The number of hydrogen-bond donors (Lipinski definition) is 2. The van der Waals surface area contributed by atoms with Crippen molar-refractivity contribution in [2.24, 2.45) is 0 Å². The number of amides is 2. The molecule has 0 bridgehead atoms. The third-order valence-electron chi connectivity index (χ3n) is 4.17. The predicted molar refractivity (Wildman–Crippen MR) is 104 cm³/mol. The van der Waals surface area contributed by atoms with Crippen LogP contribution in [0.15, 0.2) is 0 Å². The third-order valence-corrected chi connectivity index (χ3v) is 4.17. The van der Waals surface area contributed by atoms with Gasteiger partial charge in [-0.05, 0) is 12.8 Å². The number of carbonyl (C=O) groups excluding carboxylic acids is 2. The van der Waals surface area contributed by atoms with Crippen molar-refractivity contribution in [3.8, 4) is 0 Å². The largest absolute Gasteiger partial charge is 0.362 e. The average molecular weight is 357 g/mol. The molecule has 0 aliphatic rings. The van der Waals surface area contributed by atoms with Crippen LogP contribution in [0, 0.1) is 0 Å². The molecule has 148 valence electrons. The summed E-state index contributed by atoms with van der Waals surface area (Å²) >= 11 is 0. The first-order chi connectivity index (χ1) is 12.2. The van der Waals surface area contributed by atoms with Crippen LogP contribution in [0.25, 0.3) is 0 Å². The maximum atomic E-state index is 11.6. The smallest absolute Gasteiger partial charge is 0.246 e. The molecule has 2 amide bonds. The van der Waals surface area contributed by atoms with Gasteiger partial charge in [0.1, 0.15) is 13.2 Å². The molecule has 0 aromatic rings. The molecular formula is C20H40N2O3. The van der Waals surface area contributed by atoms with Crippen LogP contribution in [0.5, 0.6) is 0 Å². The van der Waals surface area contributed by atoms with Gasteiger partial charge in [-0.2, -0.15) is 0 Å². The molecule has 0 unspecified atom stereocenters. The molecule has 0 heterocycles. The van der Waals surface area contributed by atoms with E-state index in [0.29, 0.717) is 13.1 Å². The molecule has 0 aromatic heterocycles. The van der Waals surface area contributed by atoms with Gasteiger partial charge in [0.05, 0.1) is 0 Å². The van der Waals surface area contributed by atoms with Crippen LogP contribution >= 0.6 is 0 Å². The molecule has 0 atom stereocenters. The Bertz CT molecular complexity index is 292. The number of nitrogens with one attached hydrogen (secondary N) is 2. The maximum Gasteiger partial charge on any atom is 0.246 e. The number of hydrogen-bond acceptors (Lipinski definition) is 3. The first-order valence-electron chi connectivity index (χ1n) is 10.3. The van der Waals surface area contributed by atoms with Gasteiger partial charge in [0.25, 0.3) is 0 Å². The highest BCUT2D eigenvalue weighted by atomic mass is 16.5. The van der Waals surface area contributed by atoms with Crippen molar-refractivity contribution in [1.82, 2.24) is 10.6 Å². The lowest BCUT2D eigenvalue weighted by Gasteiger charge is -2.07. The minimum atomic E-state index is -0.141. The lowest BCUT2D eigenvalue weighted by atomic mass is 10.1. The Kier molecular flexibility index (Phi) is 18.4. The molecule has 0 aliphatic carbocycles. The second-order valence-electron chi connectivity index (χ2n) is 6.73. The fourth-order valence-electron chi connectivity index (χ4n) is 2.60. The Morgan fingerprint density at radius 3 is 1.36 bits per heavy atom. The average Bonchev–Trinajstić information content (AvgIpc) is 2.60. The summed E-state index contributed by atoms with van der Waals surface area (Å²) in [6.07, 6.45) is 14.4. The van der Waals surface area contributed by atoms with E-state index in [2.05, 4.69) is 24.5 Å². The highest BCUT2D eigenvalue weighted by molar-refractivity contribution is 5.79. The van der Waals surface area contributed by atoms with E-state index in [9.17, 15) is 9.59 Å². The molecule has 0 saturated heterocycles. The van der Waals surface area contributed by atoms with E-state index >= 15 is 0 Å². The molecule has 0 rings (SSSR count). The summed E-state index contributed by atoms with van der Waals surface area (Å²) in [5.41, 5.74) is 0. The fourth-order valence-corrected chi connectivity index (χ4v) is 2.60. The van der Waals surface area contributed by atoms with E-state index in [4.69, 9.17) is 4.74 Å². The monoisotopic (exact) mass is 356 g/mol. The summed E-state index contributed by atoms with van der Waals surface area (Å²) in [7, 11) is 0. The quantitative estimate of drug-likeness (QED) is 0.365. The number of unbranched alkanes of at least 4 members (excludes halogenated alkanes) is 10. The van der Waals surface area contributed by atoms with Gasteiger partial charge in [0, 0.05) is 13.1 Å². The van der Waals surface area contributed by atoms with Gasteiger partial charge in [-0.1, -0.05) is 78.1 Å². The van der Waals surface area contributed by atoms with E-state index in [1.165, 1.54) is 51.4 Å². The highest BCUT2D eigenvalue weighted by Gasteiger charge is 2.04. The summed E-state index contributed by atoms with van der Waals surface area (Å²) in [4.78, 5) is 23.2. The normalized spacial score (nSPS) is 10.6. The number of rotatable bonds is 18. The van der Waals surface area contributed by atoms with Gasteiger partial charge >= 0.3 is 0 Å². The highest BCUT2D eigenvalue weighted by Crippen LogP contribution is 2.04. The first-order valence-corrected chi connectivity index (χ1v) is 10.3. The molecule has 2 N–H and O–H groups in total. The van der Waals surface area contributed by atoms with Gasteiger partial charge in [-0.15, -0.1) is 0 Å². The molecule has 0 radical (unpaired) electrons. The summed E-state index contributed by atoms with van der Waals surface area (Å²) in [6, 6.07) is 0. The van der Waals surface area contributed by atoms with E-state index in [1.54, 1.807) is 0 Å². The predicted octanol–water partition coefficient (Wildman–Crippen LogP) is 3.96. The van der Waals surface area contributed by atoms with Crippen molar-refractivity contribution in [3.05, 3.63) is 0 Å². The molecule has 5 heteroatoms. The minimum absolute atomic E-state index is 0.0414. The molecule has 0 saturated carbocycles. The van der Waals surface area contributed by atoms with E-state index in [-0.39, 0.29) is 25.0 Å². The van der Waals surface area contributed by atoms with Gasteiger partial charge in [0.2, 0.25) is 11.8 Å². The molecule has 0 aliphatic heterocycles. The van der Waals surface area contributed by atoms with E-state index in [1.807, 2.05) is 0 Å². The molecule has 0 spiro atoms. The van der Waals surface area contributed by atoms with Gasteiger partial charge in [0.15, 0.2) is 0 Å². The lowest BCUT2D eigenvalue weighted by Crippen LogP contribution is -2.32. The van der Waals surface area contributed by atoms with Gasteiger partial charge < -0.3 is 15.4 Å². The Hall–Kier alpha value is -1.10. The zero-order valence-corrected chi connectivity index (χ0v) is 16.5. The lowest BCUT2D eigenvalue weighted by molar-refractivity contribution is -0.130. The van der Waals surface area contributed by atoms with Crippen LogP contribution in [-0.2, 0) is 14.3 Å². The number of ether oxygens (including phenoxy) is 1. The molecule has 25 heavy (non-hydrogen) atoms. The van der Waals surface area contributed by atoms with Crippen LogP contribution in [0.1, 0.15) is 90.9 Å². The van der Waals surface area contributed by atoms with Crippen LogP contribution in [-0.4, -0.2) is 38.1 Å². The third kappa shape index (κ3) is 19.1. The standard InChI is InChI=1S/C20H40N2O3/c1-3-5-7-9-11-13-15-21-19(23)17-25-18-20(24)22-16-14-12-10-8-6-4-2/h3-18H2,1-2H3,(H,21,23)(H,22,24). The van der Waals surface area contributed by atoms with Crippen LogP contribution < -0.4 is 10.6 Å². The maximum absolute atomic E-state index is 11.6. The molecule has 0 aromatic carbocycles. The second-order valence-corrected chi connectivity index (χ2v) is 6.73. The van der Waals surface area contributed by atoms with Crippen LogP contribution in [0.3, 0.4) is 0 Å². The zero-order chi connectivity index (χ0) is 18.6. The first kappa shape index (κ1) is 23.9. The van der Waals surface area contributed by atoms with Gasteiger partial charge in [-0.25, -0.2) is 0 Å².